The Morgan fingerprint density at radius 2 is 1.59 bits per heavy atom. The molecular formula is C19H15ClN2O5. The minimum Gasteiger partial charge on any atom is -0.349 e. The highest BCUT2D eigenvalue weighted by atomic mass is 35.5. The number of amides is 3. The van der Waals surface area contributed by atoms with Crippen LogP contribution < -0.4 is 5.32 Å². The van der Waals surface area contributed by atoms with Crippen LogP contribution in [-0.4, -0.2) is 28.8 Å². The molecule has 2 aromatic rings. The number of halogens is 1. The van der Waals surface area contributed by atoms with Gasteiger partial charge < -0.3 is 10.2 Å². The van der Waals surface area contributed by atoms with E-state index in [9.17, 15) is 19.2 Å². The van der Waals surface area contributed by atoms with E-state index in [4.69, 9.17) is 16.4 Å². The van der Waals surface area contributed by atoms with Crippen molar-refractivity contribution in [1.82, 2.24) is 10.4 Å². The first kappa shape index (κ1) is 18.6. The average molecular weight is 387 g/mol. The molecule has 2 aromatic carbocycles. The van der Waals surface area contributed by atoms with Crippen LogP contribution in [0.25, 0.3) is 0 Å². The Balaban J connectivity index is 1.73. The highest BCUT2D eigenvalue weighted by molar-refractivity contribution is 6.30. The molecule has 1 aliphatic rings. The third kappa shape index (κ3) is 3.98. The lowest BCUT2D eigenvalue weighted by Gasteiger charge is -2.19. The Morgan fingerprint density at radius 1 is 1.04 bits per heavy atom. The summed E-state index contributed by atoms with van der Waals surface area (Å²) in [5, 5.41) is 3.59. The van der Waals surface area contributed by atoms with Gasteiger partial charge in [0.05, 0.1) is 23.6 Å². The summed E-state index contributed by atoms with van der Waals surface area (Å²) in [6, 6.07) is 12.1. The molecule has 0 spiro atoms. The van der Waals surface area contributed by atoms with Crippen LogP contribution in [0.2, 0.25) is 5.02 Å². The number of fused-ring (bicyclic) bond motifs is 1. The summed E-state index contributed by atoms with van der Waals surface area (Å²) in [4.78, 5) is 53.3. The molecule has 0 fully saturated rings. The maximum Gasteiger partial charge on any atom is 0.335 e. The molecule has 1 aliphatic heterocycles. The van der Waals surface area contributed by atoms with Gasteiger partial charge in [-0.15, -0.1) is 0 Å². The zero-order chi connectivity index (χ0) is 19.6. The maximum absolute atomic E-state index is 12.3. The van der Waals surface area contributed by atoms with Gasteiger partial charge in [-0.2, -0.15) is 0 Å². The molecule has 0 aliphatic carbocycles. The lowest BCUT2D eigenvalue weighted by atomic mass is 10.0. The lowest BCUT2D eigenvalue weighted by Crippen LogP contribution is -2.35. The zero-order valence-corrected chi connectivity index (χ0v) is 15.0. The topological polar surface area (TPSA) is 92.8 Å². The van der Waals surface area contributed by atoms with E-state index in [0.717, 1.165) is 0 Å². The molecule has 1 atom stereocenters. The second-order valence-electron chi connectivity index (χ2n) is 5.92. The normalized spacial score (nSPS) is 13.9. The number of hydroxylamine groups is 2. The van der Waals surface area contributed by atoms with Gasteiger partial charge in [0, 0.05) is 11.9 Å². The van der Waals surface area contributed by atoms with E-state index in [-0.39, 0.29) is 23.5 Å². The molecule has 3 rings (SSSR count). The molecule has 7 nitrogen and oxygen atoms in total. The number of carbonyl (C=O) groups is 4. The van der Waals surface area contributed by atoms with Crippen molar-refractivity contribution < 1.29 is 24.0 Å². The van der Waals surface area contributed by atoms with E-state index in [1.165, 1.54) is 19.1 Å². The zero-order valence-electron chi connectivity index (χ0n) is 14.3. The largest absolute Gasteiger partial charge is 0.349 e. The molecule has 1 N–H and O–H groups in total. The van der Waals surface area contributed by atoms with E-state index in [1.807, 2.05) is 0 Å². The maximum atomic E-state index is 12.3. The van der Waals surface area contributed by atoms with Crippen LogP contribution in [0, 0.1) is 0 Å². The van der Waals surface area contributed by atoms with E-state index < -0.39 is 23.8 Å². The molecule has 3 amide bonds. The number of carbonyl (C=O) groups excluding carboxylic acids is 4. The second kappa shape index (κ2) is 7.59. The van der Waals surface area contributed by atoms with Crippen LogP contribution in [0.1, 0.15) is 45.7 Å². The van der Waals surface area contributed by atoms with Crippen molar-refractivity contribution >= 4 is 35.3 Å². The van der Waals surface area contributed by atoms with Crippen LogP contribution in [0.3, 0.4) is 0 Å². The van der Waals surface area contributed by atoms with Crippen molar-refractivity contribution in [3.63, 3.8) is 0 Å². The van der Waals surface area contributed by atoms with Crippen LogP contribution in [0.4, 0.5) is 0 Å². The predicted molar refractivity (Wildman–Crippen MR) is 95.7 cm³/mol. The molecule has 1 heterocycles. The number of nitrogens with one attached hydrogen (secondary N) is 1. The Labute approximate surface area is 159 Å². The summed E-state index contributed by atoms with van der Waals surface area (Å²) in [5.41, 5.74) is 0.978. The fourth-order valence-electron chi connectivity index (χ4n) is 2.75. The molecule has 8 heteroatoms. The fraction of sp³-hybridized carbons (Fsp3) is 0.158. The first-order valence-corrected chi connectivity index (χ1v) is 8.46. The minimum atomic E-state index is -0.835. The van der Waals surface area contributed by atoms with Gasteiger partial charge in [-0.3, -0.25) is 14.4 Å². The van der Waals surface area contributed by atoms with E-state index in [2.05, 4.69) is 5.32 Å². The van der Waals surface area contributed by atoms with Gasteiger partial charge in [0.1, 0.15) is 0 Å². The van der Waals surface area contributed by atoms with Crippen LogP contribution in [0.15, 0.2) is 48.5 Å². The molecule has 0 radical (unpaired) electrons. The van der Waals surface area contributed by atoms with E-state index in [1.54, 1.807) is 36.4 Å². The quantitative estimate of drug-likeness (QED) is 0.797. The SMILES string of the molecule is CC(=O)NC(CC(=O)ON1C(=O)c2ccccc2C1=O)c1ccc(Cl)cc1. The summed E-state index contributed by atoms with van der Waals surface area (Å²) in [6.45, 7) is 1.32. The molecular weight excluding hydrogens is 372 g/mol. The first-order chi connectivity index (χ1) is 12.9. The average Bonchev–Trinajstić information content (AvgIpc) is 2.87. The van der Waals surface area contributed by atoms with Gasteiger partial charge >= 0.3 is 5.97 Å². The standard InChI is InChI=1S/C19H15ClN2O5/c1-11(23)21-16(12-6-8-13(20)9-7-12)10-17(24)27-22-18(25)14-4-2-3-5-15(14)19(22)26/h2-9,16H,10H2,1H3,(H,21,23). The van der Waals surface area contributed by atoms with Crippen molar-refractivity contribution in [1.29, 1.82) is 0 Å². The highest BCUT2D eigenvalue weighted by Gasteiger charge is 2.38. The molecule has 27 heavy (non-hydrogen) atoms. The third-order valence-electron chi connectivity index (χ3n) is 3.97. The molecule has 1 unspecified atom stereocenters. The fourth-order valence-corrected chi connectivity index (χ4v) is 2.87. The summed E-state index contributed by atoms with van der Waals surface area (Å²) in [6.07, 6.45) is -0.269. The van der Waals surface area contributed by atoms with Crippen molar-refractivity contribution in [3.05, 3.63) is 70.2 Å². The number of nitrogens with zero attached hydrogens (tertiary/aromatic N) is 1. The number of imide groups is 1. The predicted octanol–water partition coefficient (Wildman–Crippen LogP) is 2.66. The third-order valence-corrected chi connectivity index (χ3v) is 4.22. The Bertz CT molecular complexity index is 891. The molecule has 0 saturated heterocycles. The summed E-state index contributed by atoms with van der Waals surface area (Å²) in [7, 11) is 0. The number of hydrogen-bond donors (Lipinski definition) is 1. The van der Waals surface area contributed by atoms with Gasteiger partial charge in [-0.05, 0) is 29.8 Å². The minimum absolute atomic E-state index is 0.173. The van der Waals surface area contributed by atoms with Crippen molar-refractivity contribution in [2.24, 2.45) is 0 Å². The van der Waals surface area contributed by atoms with E-state index in [0.29, 0.717) is 15.6 Å². The van der Waals surface area contributed by atoms with Crippen LogP contribution in [-0.2, 0) is 14.4 Å². The summed E-state index contributed by atoms with van der Waals surface area (Å²) >= 11 is 5.86. The van der Waals surface area contributed by atoms with Crippen LogP contribution in [0.5, 0.6) is 0 Å². The van der Waals surface area contributed by atoms with Gasteiger partial charge in [0.2, 0.25) is 5.91 Å². The van der Waals surface area contributed by atoms with Crippen LogP contribution >= 0.6 is 11.6 Å². The first-order valence-electron chi connectivity index (χ1n) is 8.08. The summed E-state index contributed by atoms with van der Waals surface area (Å²) in [5.74, 6) is -2.58. The molecule has 0 aromatic heterocycles. The van der Waals surface area contributed by atoms with Gasteiger partial charge in [-0.25, -0.2) is 4.79 Å². The van der Waals surface area contributed by atoms with Gasteiger partial charge in [0.25, 0.3) is 11.8 Å². The molecule has 0 bridgehead atoms. The number of rotatable bonds is 5. The smallest absolute Gasteiger partial charge is 0.335 e. The summed E-state index contributed by atoms with van der Waals surface area (Å²) < 4.78 is 0. The van der Waals surface area contributed by atoms with Gasteiger partial charge in [0.15, 0.2) is 0 Å². The Hall–Kier alpha value is -3.19. The van der Waals surface area contributed by atoms with Gasteiger partial charge in [-0.1, -0.05) is 40.9 Å². The van der Waals surface area contributed by atoms with Crippen molar-refractivity contribution in [2.75, 3.05) is 0 Å². The monoisotopic (exact) mass is 386 g/mol. The Morgan fingerprint density at radius 3 is 2.11 bits per heavy atom. The lowest BCUT2D eigenvalue weighted by molar-refractivity contribution is -0.169. The van der Waals surface area contributed by atoms with Crippen molar-refractivity contribution in [2.45, 2.75) is 19.4 Å². The Kier molecular flexibility index (Phi) is 5.23. The molecule has 138 valence electrons. The number of benzene rings is 2. The molecule has 0 saturated carbocycles. The van der Waals surface area contributed by atoms with Crippen molar-refractivity contribution in [3.8, 4) is 0 Å². The second-order valence-corrected chi connectivity index (χ2v) is 6.36. The highest BCUT2D eigenvalue weighted by Crippen LogP contribution is 2.24. The number of hydrogen-bond acceptors (Lipinski definition) is 5. The van der Waals surface area contributed by atoms with E-state index >= 15 is 0 Å².